The maximum atomic E-state index is 12.9. The van der Waals surface area contributed by atoms with Gasteiger partial charge in [0.05, 0.1) is 39.9 Å². The van der Waals surface area contributed by atoms with E-state index in [0.29, 0.717) is 23.9 Å². The van der Waals surface area contributed by atoms with E-state index in [2.05, 4.69) is 104 Å². The normalized spacial score (nSPS) is 14.7. The summed E-state index contributed by atoms with van der Waals surface area (Å²) in [4.78, 5) is 25.4. The highest BCUT2D eigenvalue weighted by molar-refractivity contribution is 7.45. The summed E-state index contributed by atoms with van der Waals surface area (Å²) in [6, 6.07) is -0.803. The van der Waals surface area contributed by atoms with Crippen LogP contribution in [0.3, 0.4) is 0 Å². The zero-order valence-electron chi connectivity index (χ0n) is 43.4. The first-order valence-corrected chi connectivity index (χ1v) is 28.4. The second kappa shape index (κ2) is 47.7. The smallest absolute Gasteiger partial charge is 0.268 e. The van der Waals surface area contributed by atoms with Crippen LogP contribution in [-0.2, 0) is 18.4 Å². The van der Waals surface area contributed by atoms with Gasteiger partial charge < -0.3 is 28.8 Å². The van der Waals surface area contributed by atoms with Crippen LogP contribution in [0.2, 0.25) is 0 Å². The topological polar surface area (TPSA) is 108 Å². The molecule has 0 radical (unpaired) electrons. The van der Waals surface area contributed by atoms with Crippen molar-refractivity contribution in [2.45, 2.75) is 231 Å². The third-order valence-corrected chi connectivity index (χ3v) is 12.6. The molecule has 3 atom stereocenters. The Balaban J connectivity index is 3.99. The maximum absolute atomic E-state index is 12.9. The molecule has 1 amide bonds. The fraction of sp³-hybridized carbons (Fsp3) is 0.737. The number of aliphatic hydroxyl groups excluding tert-OH is 1. The van der Waals surface area contributed by atoms with Crippen molar-refractivity contribution in [1.29, 1.82) is 0 Å². The van der Waals surface area contributed by atoms with Crippen LogP contribution in [-0.4, -0.2) is 68.5 Å². The van der Waals surface area contributed by atoms with Crippen LogP contribution in [0.25, 0.3) is 0 Å². The summed E-state index contributed by atoms with van der Waals surface area (Å²) in [5.74, 6) is -0.172. The molecule has 0 bridgehead atoms. The molecule has 0 aliphatic heterocycles. The molecule has 0 aliphatic rings. The van der Waals surface area contributed by atoms with Crippen molar-refractivity contribution >= 4 is 13.7 Å². The van der Waals surface area contributed by atoms with Crippen LogP contribution in [0.4, 0.5) is 0 Å². The van der Waals surface area contributed by atoms with E-state index in [4.69, 9.17) is 9.05 Å². The van der Waals surface area contributed by atoms with Gasteiger partial charge in [-0.15, -0.1) is 0 Å². The number of nitrogens with one attached hydrogen (secondary N) is 1. The van der Waals surface area contributed by atoms with E-state index in [1.54, 1.807) is 0 Å². The van der Waals surface area contributed by atoms with Gasteiger partial charge in [-0.2, -0.15) is 0 Å². The molecule has 0 aliphatic carbocycles. The second-order valence-electron chi connectivity index (χ2n) is 19.2. The fourth-order valence-electron chi connectivity index (χ4n) is 7.43. The number of allylic oxidation sites excluding steroid dienone is 14. The van der Waals surface area contributed by atoms with Crippen molar-refractivity contribution in [2.75, 3.05) is 40.9 Å². The van der Waals surface area contributed by atoms with E-state index in [0.717, 1.165) is 83.5 Å². The summed E-state index contributed by atoms with van der Waals surface area (Å²) in [6.45, 7) is 4.57. The summed E-state index contributed by atoms with van der Waals surface area (Å²) in [5.41, 5.74) is 0. The SMILES string of the molecule is CC/C=C\C/C=C\C/C=C\C/C=C\C/C=C\C/C=C\C/C=C\CCCCCCCCCCCCCCCC(=O)NC(COP(=O)([O-])OCC[N+](C)(C)C)C(O)CCCCCCCCCCC. The maximum Gasteiger partial charge on any atom is 0.268 e. The van der Waals surface area contributed by atoms with Gasteiger partial charge in [-0.05, 0) is 70.6 Å². The number of phosphoric acid groups is 1. The molecule has 0 saturated carbocycles. The standard InChI is InChI=1S/C57H103N2O6P/c1-6-8-10-12-14-16-17-18-19-20-21-22-23-24-25-26-27-28-29-30-31-32-33-34-35-36-37-38-39-40-41-43-45-47-49-51-57(61)58-55(54-65-66(62,63)64-53-52-59(3,4)5)56(60)50-48-46-44-42-15-13-11-9-7-2/h8,10,14,16,18-19,21-22,24-25,27-28,30-31,55-56,60H,6-7,9,11-13,15,17,20,23,26,29,32-54H2,1-5H3,(H-,58,61,62,63)/b10-8-,16-14-,19-18-,22-21-,25-24-,28-27-,31-30-. The Bertz CT molecular complexity index is 1350. The van der Waals surface area contributed by atoms with Gasteiger partial charge in [-0.1, -0.05) is 227 Å². The molecule has 66 heavy (non-hydrogen) atoms. The van der Waals surface area contributed by atoms with Crippen LogP contribution in [0.1, 0.15) is 219 Å². The number of phosphoric ester groups is 1. The number of hydrogen-bond acceptors (Lipinski definition) is 6. The van der Waals surface area contributed by atoms with Crippen LogP contribution < -0.4 is 10.2 Å². The lowest BCUT2D eigenvalue weighted by Crippen LogP contribution is -2.46. The molecular formula is C57H103N2O6P. The number of carbonyl (C=O) groups is 1. The minimum absolute atomic E-state index is 0.00902. The molecule has 9 heteroatoms. The van der Waals surface area contributed by atoms with Crippen molar-refractivity contribution in [1.82, 2.24) is 5.32 Å². The van der Waals surface area contributed by atoms with E-state index >= 15 is 0 Å². The predicted molar refractivity (Wildman–Crippen MR) is 283 cm³/mol. The summed E-state index contributed by atoms with van der Waals surface area (Å²) >= 11 is 0. The third-order valence-electron chi connectivity index (χ3n) is 11.6. The number of nitrogens with zero attached hydrogens (tertiary/aromatic N) is 1. The Morgan fingerprint density at radius 2 is 0.924 bits per heavy atom. The number of unbranched alkanes of at least 4 members (excludes halogenated alkanes) is 21. The first kappa shape index (κ1) is 63.7. The highest BCUT2D eigenvalue weighted by Crippen LogP contribution is 2.38. The van der Waals surface area contributed by atoms with Crippen molar-refractivity contribution in [2.24, 2.45) is 0 Å². The summed E-state index contributed by atoms with van der Waals surface area (Å²) < 4.78 is 23.3. The molecule has 382 valence electrons. The van der Waals surface area contributed by atoms with Gasteiger partial charge in [0.15, 0.2) is 0 Å². The van der Waals surface area contributed by atoms with Gasteiger partial charge in [-0.3, -0.25) is 9.36 Å². The molecule has 0 aromatic rings. The molecule has 0 aromatic carbocycles. The van der Waals surface area contributed by atoms with Crippen LogP contribution in [0, 0.1) is 0 Å². The molecule has 0 aromatic heterocycles. The first-order valence-electron chi connectivity index (χ1n) is 26.9. The highest BCUT2D eigenvalue weighted by atomic mass is 31.2. The van der Waals surface area contributed by atoms with Gasteiger partial charge in [0, 0.05) is 6.42 Å². The third kappa shape index (κ3) is 49.6. The van der Waals surface area contributed by atoms with Crippen molar-refractivity contribution in [3.63, 3.8) is 0 Å². The first-order chi connectivity index (χ1) is 32.0. The zero-order chi connectivity index (χ0) is 48.5. The molecule has 3 unspecified atom stereocenters. The lowest BCUT2D eigenvalue weighted by Gasteiger charge is -2.30. The van der Waals surface area contributed by atoms with Gasteiger partial charge in [-0.25, -0.2) is 0 Å². The molecular weight excluding hydrogens is 840 g/mol. The average molecular weight is 943 g/mol. The Morgan fingerprint density at radius 1 is 0.545 bits per heavy atom. The predicted octanol–water partition coefficient (Wildman–Crippen LogP) is 15.5. The van der Waals surface area contributed by atoms with Crippen molar-refractivity contribution < 1.29 is 32.9 Å². The van der Waals surface area contributed by atoms with Crippen LogP contribution in [0.5, 0.6) is 0 Å². The number of hydrogen-bond donors (Lipinski definition) is 2. The van der Waals surface area contributed by atoms with E-state index in [-0.39, 0.29) is 19.1 Å². The molecule has 0 fully saturated rings. The van der Waals surface area contributed by atoms with Crippen molar-refractivity contribution in [3.05, 3.63) is 85.1 Å². The highest BCUT2D eigenvalue weighted by Gasteiger charge is 2.24. The van der Waals surface area contributed by atoms with Crippen LogP contribution in [0.15, 0.2) is 85.1 Å². The molecule has 0 saturated heterocycles. The molecule has 0 heterocycles. The van der Waals surface area contributed by atoms with Gasteiger partial charge in [0.1, 0.15) is 13.2 Å². The number of amides is 1. The number of aliphatic hydroxyl groups is 1. The Kier molecular flexibility index (Phi) is 46.1. The Labute approximate surface area is 407 Å². The minimum Gasteiger partial charge on any atom is -0.756 e. The monoisotopic (exact) mass is 943 g/mol. The molecule has 0 spiro atoms. The Morgan fingerprint density at radius 3 is 1.35 bits per heavy atom. The number of quaternary nitrogens is 1. The van der Waals surface area contributed by atoms with E-state index in [9.17, 15) is 19.4 Å². The molecule has 8 nitrogen and oxygen atoms in total. The Hall–Kier alpha value is -2.32. The lowest BCUT2D eigenvalue weighted by atomic mass is 10.0. The van der Waals surface area contributed by atoms with Gasteiger partial charge >= 0.3 is 0 Å². The molecule has 2 N–H and O–H groups in total. The van der Waals surface area contributed by atoms with Gasteiger partial charge in [0.2, 0.25) is 5.91 Å². The quantitative estimate of drug-likeness (QED) is 0.0272. The minimum atomic E-state index is -4.57. The van der Waals surface area contributed by atoms with Crippen LogP contribution >= 0.6 is 7.82 Å². The summed E-state index contributed by atoms with van der Waals surface area (Å²) in [6.07, 6.45) is 66.2. The molecule has 0 rings (SSSR count). The van der Waals surface area contributed by atoms with E-state index in [1.807, 2.05) is 21.1 Å². The van der Waals surface area contributed by atoms with Crippen molar-refractivity contribution in [3.8, 4) is 0 Å². The number of rotatable bonds is 48. The fourth-order valence-corrected chi connectivity index (χ4v) is 8.15. The van der Waals surface area contributed by atoms with E-state index in [1.165, 1.54) is 109 Å². The summed E-state index contributed by atoms with van der Waals surface area (Å²) in [7, 11) is 1.30. The van der Waals surface area contributed by atoms with Gasteiger partial charge in [0.25, 0.3) is 7.82 Å². The lowest BCUT2D eigenvalue weighted by molar-refractivity contribution is -0.870. The summed E-state index contributed by atoms with van der Waals surface area (Å²) in [5, 5.41) is 13.9. The zero-order valence-corrected chi connectivity index (χ0v) is 44.3. The second-order valence-corrected chi connectivity index (χ2v) is 20.6. The number of carbonyl (C=O) groups excluding carboxylic acids is 1. The number of likely N-dealkylation sites (N-methyl/N-ethyl adjacent to an activating group) is 1. The van der Waals surface area contributed by atoms with E-state index < -0.39 is 20.0 Å². The largest absolute Gasteiger partial charge is 0.756 e. The average Bonchev–Trinajstić information content (AvgIpc) is 3.28.